The Labute approximate surface area is 138 Å². The van der Waals surface area contributed by atoms with Crippen LogP contribution >= 0.6 is 0 Å². The molecule has 1 saturated heterocycles. The van der Waals surface area contributed by atoms with Gasteiger partial charge in [0.15, 0.2) is 0 Å². The van der Waals surface area contributed by atoms with Crippen molar-refractivity contribution in [3.8, 4) is 5.88 Å². The molecule has 0 aromatic carbocycles. The zero-order chi connectivity index (χ0) is 16.7. The molecule has 4 heterocycles. The van der Waals surface area contributed by atoms with Gasteiger partial charge >= 0.3 is 0 Å². The monoisotopic (exact) mass is 330 g/mol. The number of nitrogens with zero attached hydrogens (tertiary/aromatic N) is 4. The summed E-state index contributed by atoms with van der Waals surface area (Å²) in [5.41, 5.74) is 12.6. The second-order valence-corrected chi connectivity index (χ2v) is 6.42. The average Bonchev–Trinajstić information content (AvgIpc) is 2.90. The van der Waals surface area contributed by atoms with Gasteiger partial charge in [0.2, 0.25) is 11.8 Å². The number of pyridine rings is 1. The number of halogens is 1. The predicted molar refractivity (Wildman–Crippen MR) is 86.6 cm³/mol. The number of aromatic nitrogens is 3. The number of rotatable bonds is 2. The van der Waals surface area contributed by atoms with Gasteiger partial charge < -0.3 is 16.2 Å². The van der Waals surface area contributed by atoms with Crippen LogP contribution in [0.4, 0.5) is 16.2 Å². The molecule has 0 bridgehead atoms. The first-order valence-corrected chi connectivity index (χ1v) is 7.97. The summed E-state index contributed by atoms with van der Waals surface area (Å²) < 4.78 is 19.8. The largest absolute Gasteiger partial charge is 0.470 e. The molecular weight excluding hydrogens is 311 g/mol. The van der Waals surface area contributed by atoms with Gasteiger partial charge in [0.05, 0.1) is 11.3 Å². The van der Waals surface area contributed by atoms with Crippen molar-refractivity contribution >= 4 is 11.8 Å². The first-order valence-electron chi connectivity index (χ1n) is 7.97. The Morgan fingerprint density at radius 2 is 2.04 bits per heavy atom. The second-order valence-electron chi connectivity index (χ2n) is 6.42. The van der Waals surface area contributed by atoms with Crippen LogP contribution in [-0.2, 0) is 13.0 Å². The topological polar surface area (TPSA) is 103 Å². The summed E-state index contributed by atoms with van der Waals surface area (Å²) in [6.45, 7) is 2.10. The van der Waals surface area contributed by atoms with Crippen molar-refractivity contribution in [2.24, 2.45) is 0 Å². The fraction of sp³-hybridized carbons (Fsp3) is 0.438. The van der Waals surface area contributed by atoms with E-state index in [1.807, 2.05) is 0 Å². The fourth-order valence-corrected chi connectivity index (χ4v) is 3.45. The lowest BCUT2D eigenvalue weighted by Crippen LogP contribution is -2.47. The van der Waals surface area contributed by atoms with Crippen molar-refractivity contribution < 1.29 is 9.13 Å². The molecular formula is C16H19FN6O. The summed E-state index contributed by atoms with van der Waals surface area (Å²) in [7, 11) is 0. The van der Waals surface area contributed by atoms with E-state index in [1.54, 1.807) is 12.3 Å². The van der Waals surface area contributed by atoms with Gasteiger partial charge in [-0.1, -0.05) is 0 Å². The van der Waals surface area contributed by atoms with Gasteiger partial charge in [-0.15, -0.1) is 0 Å². The number of likely N-dealkylation sites (tertiary alicyclic amines) is 1. The molecule has 0 radical (unpaired) electrons. The average molecular weight is 330 g/mol. The zero-order valence-electron chi connectivity index (χ0n) is 13.2. The number of nitrogens with two attached hydrogens (primary N) is 2. The number of hydrogen-bond acceptors (Lipinski definition) is 7. The van der Waals surface area contributed by atoms with Crippen LogP contribution in [0.15, 0.2) is 18.3 Å². The maximum Gasteiger partial charge on any atom is 0.225 e. The summed E-state index contributed by atoms with van der Waals surface area (Å²) in [6.07, 6.45) is 3.95. The highest BCUT2D eigenvalue weighted by Crippen LogP contribution is 2.42. The summed E-state index contributed by atoms with van der Waals surface area (Å²) in [5, 5.41) is 0. The van der Waals surface area contributed by atoms with Crippen molar-refractivity contribution in [2.45, 2.75) is 31.4 Å². The summed E-state index contributed by atoms with van der Waals surface area (Å²) in [5.74, 6) is 0.767. The predicted octanol–water partition coefficient (Wildman–Crippen LogP) is 1.14. The molecule has 7 nitrogen and oxygen atoms in total. The van der Waals surface area contributed by atoms with Gasteiger partial charge in [0.1, 0.15) is 17.2 Å². The van der Waals surface area contributed by atoms with Crippen LogP contribution in [0.3, 0.4) is 0 Å². The second kappa shape index (κ2) is 5.55. The number of anilines is 2. The minimum Gasteiger partial charge on any atom is -0.470 e. The van der Waals surface area contributed by atoms with Crippen molar-refractivity contribution in [1.29, 1.82) is 0 Å². The lowest BCUT2D eigenvalue weighted by atomic mass is 9.87. The van der Waals surface area contributed by atoms with Gasteiger partial charge in [-0.2, -0.15) is 9.97 Å². The molecule has 4 rings (SSSR count). The molecule has 126 valence electrons. The molecule has 4 N–H and O–H groups in total. The molecule has 2 aromatic heterocycles. The lowest BCUT2D eigenvalue weighted by molar-refractivity contribution is 0.0139. The van der Waals surface area contributed by atoms with Crippen LogP contribution in [-0.4, -0.2) is 38.5 Å². The van der Waals surface area contributed by atoms with Crippen molar-refractivity contribution in [1.82, 2.24) is 19.9 Å². The van der Waals surface area contributed by atoms with E-state index >= 15 is 0 Å². The molecule has 0 atom stereocenters. The Kier molecular flexibility index (Phi) is 3.49. The first kappa shape index (κ1) is 15.1. The van der Waals surface area contributed by atoms with Crippen LogP contribution in [0.2, 0.25) is 0 Å². The van der Waals surface area contributed by atoms with Gasteiger partial charge in [-0.05, 0) is 12.1 Å². The van der Waals surface area contributed by atoms with Crippen molar-refractivity contribution in [3.05, 3.63) is 35.4 Å². The van der Waals surface area contributed by atoms with E-state index < -0.39 is 0 Å². The Hall–Kier alpha value is -2.48. The van der Waals surface area contributed by atoms with Gasteiger partial charge in [-0.3, -0.25) is 9.88 Å². The highest BCUT2D eigenvalue weighted by atomic mass is 19.1. The molecule has 1 spiro atoms. The van der Waals surface area contributed by atoms with E-state index in [2.05, 4.69) is 19.9 Å². The van der Waals surface area contributed by atoms with Gasteiger partial charge in [-0.25, -0.2) is 4.39 Å². The molecule has 2 aliphatic heterocycles. The number of nitrogen functional groups attached to an aromatic ring is 2. The smallest absolute Gasteiger partial charge is 0.225 e. The van der Waals surface area contributed by atoms with E-state index in [1.165, 1.54) is 6.07 Å². The Bertz CT molecular complexity index is 775. The Morgan fingerprint density at radius 3 is 2.79 bits per heavy atom. The van der Waals surface area contributed by atoms with Crippen LogP contribution in [0.25, 0.3) is 0 Å². The van der Waals surface area contributed by atoms with Gasteiger partial charge in [0.25, 0.3) is 0 Å². The standard InChI is InChI=1S/C16H19FN6O/c17-11-2-1-5-20-12(11)9-23-6-3-16(4-7-23)8-10-13(18)21-15(19)22-14(10)24-16/h1-2,5H,3-4,6-9H2,(H4,18,19,21,22). The van der Waals surface area contributed by atoms with Crippen molar-refractivity contribution in [3.63, 3.8) is 0 Å². The van der Waals surface area contributed by atoms with Crippen LogP contribution in [0.1, 0.15) is 24.1 Å². The van der Waals surface area contributed by atoms with E-state index in [4.69, 9.17) is 16.2 Å². The highest BCUT2D eigenvalue weighted by Gasteiger charge is 2.44. The number of fused-ring (bicyclic) bond motifs is 1. The minimum absolute atomic E-state index is 0.131. The first-order chi connectivity index (χ1) is 11.5. The summed E-state index contributed by atoms with van der Waals surface area (Å²) >= 11 is 0. The fourth-order valence-electron chi connectivity index (χ4n) is 3.45. The molecule has 24 heavy (non-hydrogen) atoms. The van der Waals surface area contributed by atoms with E-state index in [-0.39, 0.29) is 17.4 Å². The van der Waals surface area contributed by atoms with Crippen LogP contribution in [0.5, 0.6) is 5.88 Å². The van der Waals surface area contributed by atoms with Crippen LogP contribution < -0.4 is 16.2 Å². The molecule has 2 aliphatic rings. The molecule has 0 unspecified atom stereocenters. The number of ether oxygens (including phenoxy) is 1. The zero-order valence-corrected chi connectivity index (χ0v) is 13.2. The quantitative estimate of drug-likeness (QED) is 0.851. The summed E-state index contributed by atoms with van der Waals surface area (Å²) in [6, 6.07) is 3.04. The minimum atomic E-state index is -0.307. The SMILES string of the molecule is Nc1nc(N)c2c(n1)OC1(CCN(Cc3ncccc3F)CC1)C2. The maximum absolute atomic E-state index is 13.7. The number of piperidine rings is 1. The molecule has 1 fully saturated rings. The van der Waals surface area contributed by atoms with Crippen molar-refractivity contribution in [2.75, 3.05) is 24.6 Å². The molecule has 8 heteroatoms. The molecule has 0 saturated carbocycles. The third-order valence-corrected chi connectivity index (χ3v) is 4.81. The molecule has 0 aliphatic carbocycles. The van der Waals surface area contributed by atoms with Crippen LogP contribution in [0, 0.1) is 5.82 Å². The Balaban J connectivity index is 1.44. The van der Waals surface area contributed by atoms with Gasteiger partial charge in [0, 0.05) is 45.1 Å². The lowest BCUT2D eigenvalue weighted by Gasteiger charge is -2.38. The van der Waals surface area contributed by atoms with E-state index in [0.29, 0.717) is 30.4 Å². The van der Waals surface area contributed by atoms with E-state index in [9.17, 15) is 4.39 Å². The molecule has 2 aromatic rings. The molecule has 0 amide bonds. The normalized spacial score (nSPS) is 19.2. The van der Waals surface area contributed by atoms with E-state index in [0.717, 1.165) is 31.5 Å². The third kappa shape index (κ3) is 2.62. The number of hydrogen-bond donors (Lipinski definition) is 2. The highest BCUT2D eigenvalue weighted by molar-refractivity contribution is 5.52. The third-order valence-electron chi connectivity index (χ3n) is 4.81. The maximum atomic E-state index is 13.7. The Morgan fingerprint density at radius 1 is 1.25 bits per heavy atom. The summed E-state index contributed by atoms with van der Waals surface area (Å²) in [4.78, 5) is 14.5.